The van der Waals surface area contributed by atoms with E-state index in [1.165, 1.54) is 0 Å². The van der Waals surface area contributed by atoms with Crippen LogP contribution in [0.25, 0.3) is 0 Å². The highest BCUT2D eigenvalue weighted by Crippen LogP contribution is 2.53. The number of nitrogens with zero attached hydrogens (tertiary/aromatic N) is 1. The van der Waals surface area contributed by atoms with Crippen molar-refractivity contribution in [3.05, 3.63) is 76.3 Å². The van der Waals surface area contributed by atoms with Crippen LogP contribution >= 0.6 is 15.9 Å². The van der Waals surface area contributed by atoms with Gasteiger partial charge >= 0.3 is 5.97 Å². The van der Waals surface area contributed by atoms with Crippen LogP contribution in [0.5, 0.6) is 0 Å². The van der Waals surface area contributed by atoms with Crippen molar-refractivity contribution >= 4 is 45.3 Å². The largest absolute Gasteiger partial charge is 0.454 e. The average Bonchev–Trinajstić information content (AvgIpc) is 3.53. The summed E-state index contributed by atoms with van der Waals surface area (Å²) in [6.07, 6.45) is 4.97. The van der Waals surface area contributed by atoms with Gasteiger partial charge in [-0.25, -0.2) is 4.79 Å². The van der Waals surface area contributed by atoms with Crippen LogP contribution in [-0.4, -0.2) is 41.2 Å². The lowest BCUT2D eigenvalue weighted by Gasteiger charge is -2.26. The van der Waals surface area contributed by atoms with Gasteiger partial charge in [-0.2, -0.15) is 0 Å². The van der Waals surface area contributed by atoms with E-state index in [1.807, 2.05) is 55.5 Å². The molecule has 1 N–H and O–H groups in total. The number of ether oxygens (including phenoxy) is 1. The van der Waals surface area contributed by atoms with E-state index in [0.717, 1.165) is 26.9 Å². The molecular weight excluding hydrogens is 512 g/mol. The van der Waals surface area contributed by atoms with E-state index in [-0.39, 0.29) is 30.1 Å². The lowest BCUT2D eigenvalue weighted by atomic mass is 9.85. The first-order chi connectivity index (χ1) is 16.8. The number of rotatable bonds is 7. The van der Waals surface area contributed by atoms with Crippen molar-refractivity contribution in [2.24, 2.45) is 23.7 Å². The number of benzene rings is 2. The Kier molecular flexibility index (Phi) is 6.32. The SMILES string of the molecule is Cc1cc(NC(=O)COC(=O)[C@H](Cc2ccccc2)N2C(=O)[C@@H]3[C@@H](C2=O)[C@H]2C=C[C@H]3C2)ccc1Br. The molecule has 1 heterocycles. The van der Waals surface area contributed by atoms with Crippen molar-refractivity contribution in [3.63, 3.8) is 0 Å². The predicted molar refractivity (Wildman–Crippen MR) is 132 cm³/mol. The van der Waals surface area contributed by atoms with Crippen LogP contribution in [0.15, 0.2) is 65.2 Å². The summed E-state index contributed by atoms with van der Waals surface area (Å²) in [6.45, 7) is 1.38. The summed E-state index contributed by atoms with van der Waals surface area (Å²) in [5, 5.41) is 2.70. The minimum absolute atomic E-state index is 0.0417. The van der Waals surface area contributed by atoms with Gasteiger partial charge in [0.25, 0.3) is 5.91 Å². The molecule has 3 amide bonds. The number of amides is 3. The van der Waals surface area contributed by atoms with Crippen LogP contribution in [0.1, 0.15) is 17.5 Å². The van der Waals surface area contributed by atoms with Crippen molar-refractivity contribution in [2.75, 3.05) is 11.9 Å². The maximum absolute atomic E-state index is 13.3. The molecule has 1 aliphatic heterocycles. The van der Waals surface area contributed by atoms with Crippen LogP contribution < -0.4 is 5.32 Å². The molecular formula is C27H25BrN2O5. The summed E-state index contributed by atoms with van der Waals surface area (Å²) in [6, 6.07) is 13.4. The lowest BCUT2D eigenvalue weighted by molar-refractivity contribution is -0.160. The molecule has 180 valence electrons. The summed E-state index contributed by atoms with van der Waals surface area (Å²) in [4.78, 5) is 53.4. The molecule has 1 saturated carbocycles. The van der Waals surface area contributed by atoms with Crippen LogP contribution in [0, 0.1) is 30.6 Å². The van der Waals surface area contributed by atoms with Crippen LogP contribution in [0.4, 0.5) is 5.69 Å². The number of hydrogen-bond donors (Lipinski definition) is 1. The number of carbonyl (C=O) groups is 4. The molecule has 5 atom stereocenters. The molecule has 5 rings (SSSR count). The molecule has 2 fully saturated rings. The number of imide groups is 1. The summed E-state index contributed by atoms with van der Waals surface area (Å²) >= 11 is 3.41. The molecule has 2 aromatic carbocycles. The minimum atomic E-state index is -1.12. The molecule has 0 spiro atoms. The van der Waals surface area contributed by atoms with Crippen molar-refractivity contribution in [1.29, 1.82) is 0 Å². The molecule has 0 radical (unpaired) electrons. The first kappa shape index (κ1) is 23.5. The normalized spacial score (nSPS) is 25.0. The standard InChI is InChI=1S/C27H25BrN2O5/c1-15-11-19(9-10-20(15)28)29-22(31)14-35-27(34)21(12-16-5-3-2-4-6-16)30-25(32)23-17-7-8-18(13-17)24(23)26(30)33/h2-11,17-18,21,23-24H,12-14H2,1H3,(H,29,31)/t17-,18-,21-,23-,24-/m0/s1. The summed E-state index contributed by atoms with van der Waals surface area (Å²) in [5.74, 6) is -2.64. The number of carbonyl (C=O) groups excluding carboxylic acids is 4. The molecule has 1 saturated heterocycles. The minimum Gasteiger partial charge on any atom is -0.454 e. The predicted octanol–water partition coefficient (Wildman–Crippen LogP) is 3.66. The Labute approximate surface area is 211 Å². The molecule has 35 heavy (non-hydrogen) atoms. The topological polar surface area (TPSA) is 92.8 Å². The summed E-state index contributed by atoms with van der Waals surface area (Å²) in [7, 11) is 0. The van der Waals surface area contributed by atoms with Gasteiger partial charge in [0.1, 0.15) is 6.04 Å². The Bertz CT molecular complexity index is 1200. The van der Waals surface area contributed by atoms with Gasteiger partial charge in [-0.3, -0.25) is 19.3 Å². The van der Waals surface area contributed by atoms with Gasteiger partial charge in [0, 0.05) is 16.6 Å². The Hall–Kier alpha value is -3.26. The third-order valence-electron chi connectivity index (χ3n) is 7.15. The molecule has 3 aliphatic rings. The zero-order valence-corrected chi connectivity index (χ0v) is 20.7. The molecule has 2 aliphatic carbocycles. The highest BCUT2D eigenvalue weighted by molar-refractivity contribution is 9.10. The number of anilines is 1. The number of allylic oxidation sites excluding steroid dienone is 2. The molecule has 8 heteroatoms. The molecule has 0 unspecified atom stereocenters. The molecule has 7 nitrogen and oxygen atoms in total. The van der Waals surface area contributed by atoms with Crippen molar-refractivity contribution < 1.29 is 23.9 Å². The second-order valence-electron chi connectivity index (χ2n) is 9.37. The number of aryl methyl sites for hydroxylation is 1. The average molecular weight is 537 g/mol. The number of hydrogen-bond acceptors (Lipinski definition) is 5. The van der Waals surface area contributed by atoms with E-state index in [2.05, 4.69) is 21.2 Å². The Balaban J connectivity index is 1.31. The highest BCUT2D eigenvalue weighted by atomic mass is 79.9. The number of halogens is 1. The Morgan fingerprint density at radius 1 is 1.06 bits per heavy atom. The monoisotopic (exact) mass is 536 g/mol. The number of likely N-dealkylation sites (tertiary alicyclic amines) is 1. The van der Waals surface area contributed by atoms with E-state index in [1.54, 1.807) is 12.1 Å². The maximum atomic E-state index is 13.3. The third kappa shape index (κ3) is 4.43. The first-order valence-corrected chi connectivity index (χ1v) is 12.4. The third-order valence-corrected chi connectivity index (χ3v) is 8.04. The fourth-order valence-electron chi connectivity index (χ4n) is 5.50. The fraction of sp³-hybridized carbons (Fsp3) is 0.333. The van der Waals surface area contributed by atoms with Gasteiger partial charge in [-0.15, -0.1) is 0 Å². The van der Waals surface area contributed by atoms with Crippen molar-refractivity contribution in [1.82, 2.24) is 4.90 Å². The van der Waals surface area contributed by atoms with Crippen LogP contribution in [0.3, 0.4) is 0 Å². The molecule has 2 bridgehead atoms. The van der Waals surface area contributed by atoms with Gasteiger partial charge in [0.15, 0.2) is 6.61 Å². The highest BCUT2D eigenvalue weighted by Gasteiger charge is 2.61. The van der Waals surface area contributed by atoms with Gasteiger partial charge in [0.2, 0.25) is 11.8 Å². The Morgan fingerprint density at radius 2 is 1.71 bits per heavy atom. The first-order valence-electron chi connectivity index (χ1n) is 11.7. The zero-order chi connectivity index (χ0) is 24.7. The van der Waals surface area contributed by atoms with E-state index in [9.17, 15) is 19.2 Å². The van der Waals surface area contributed by atoms with E-state index >= 15 is 0 Å². The Morgan fingerprint density at radius 3 is 2.34 bits per heavy atom. The van der Waals surface area contributed by atoms with Gasteiger partial charge in [-0.1, -0.05) is 58.4 Å². The van der Waals surface area contributed by atoms with E-state index in [0.29, 0.717) is 5.69 Å². The van der Waals surface area contributed by atoms with Crippen LogP contribution in [0.2, 0.25) is 0 Å². The summed E-state index contributed by atoms with van der Waals surface area (Å²) in [5.41, 5.74) is 2.32. The lowest BCUT2D eigenvalue weighted by Crippen LogP contribution is -2.48. The van der Waals surface area contributed by atoms with Gasteiger partial charge < -0.3 is 10.1 Å². The van der Waals surface area contributed by atoms with Crippen molar-refractivity contribution in [2.45, 2.75) is 25.8 Å². The van der Waals surface area contributed by atoms with Gasteiger partial charge in [-0.05, 0) is 54.5 Å². The number of fused-ring (bicyclic) bond motifs is 5. The maximum Gasteiger partial charge on any atom is 0.330 e. The van der Waals surface area contributed by atoms with E-state index < -0.39 is 36.4 Å². The van der Waals surface area contributed by atoms with Gasteiger partial charge in [0.05, 0.1) is 11.8 Å². The number of nitrogens with one attached hydrogen (secondary N) is 1. The second kappa shape index (κ2) is 9.41. The smallest absolute Gasteiger partial charge is 0.330 e. The zero-order valence-electron chi connectivity index (χ0n) is 19.1. The fourth-order valence-corrected chi connectivity index (χ4v) is 5.75. The molecule has 2 aromatic rings. The van der Waals surface area contributed by atoms with E-state index in [4.69, 9.17) is 4.74 Å². The van der Waals surface area contributed by atoms with Crippen LogP contribution in [-0.2, 0) is 30.3 Å². The van der Waals surface area contributed by atoms with Crippen molar-refractivity contribution in [3.8, 4) is 0 Å². The number of esters is 1. The summed E-state index contributed by atoms with van der Waals surface area (Å²) < 4.78 is 6.26. The quantitative estimate of drug-likeness (QED) is 0.331. The molecule has 0 aromatic heterocycles. The second-order valence-corrected chi connectivity index (χ2v) is 10.2.